The molecule has 4 nitrogen and oxygen atoms in total. The van der Waals surface area contributed by atoms with E-state index in [1.165, 1.54) is 0 Å². The van der Waals surface area contributed by atoms with Crippen LogP contribution in [0.2, 0.25) is 0 Å². The Morgan fingerprint density at radius 2 is 1.04 bits per heavy atom. The van der Waals surface area contributed by atoms with E-state index in [2.05, 4.69) is 0 Å². The fourth-order valence-electron chi connectivity index (χ4n) is 1.49. The van der Waals surface area contributed by atoms with Gasteiger partial charge in [0.25, 0.3) is 0 Å². The molecule has 155 valence electrons. The van der Waals surface area contributed by atoms with Gasteiger partial charge in [-0.05, 0) is 12.8 Å². The molecule has 2 aromatic carbocycles. The molecular formula is C21H27Cl2NbO4-. The van der Waals surface area contributed by atoms with Crippen molar-refractivity contribution in [3.8, 4) is 0 Å². The molecule has 0 bridgehead atoms. The van der Waals surface area contributed by atoms with Crippen molar-refractivity contribution in [1.82, 2.24) is 0 Å². The molecular weight excluding hydrogens is 480 g/mol. The molecule has 0 aliphatic heterocycles. The first-order valence-electron chi connectivity index (χ1n) is 8.69. The maximum atomic E-state index is 11.8. The van der Waals surface area contributed by atoms with Crippen LogP contribution in [0.15, 0.2) is 60.7 Å². The van der Waals surface area contributed by atoms with Gasteiger partial charge in [0.15, 0.2) is 0 Å². The van der Waals surface area contributed by atoms with E-state index in [1.807, 2.05) is 26.0 Å². The van der Waals surface area contributed by atoms with Crippen molar-refractivity contribution < 1.29 is 37.4 Å². The third-order valence-corrected chi connectivity index (χ3v) is 2.83. The van der Waals surface area contributed by atoms with E-state index >= 15 is 0 Å². The molecule has 28 heavy (non-hydrogen) atoms. The van der Waals surface area contributed by atoms with Crippen molar-refractivity contribution in [3.05, 3.63) is 78.2 Å². The zero-order valence-corrected chi connectivity index (χ0v) is 19.8. The van der Waals surface area contributed by atoms with Crippen molar-refractivity contribution >= 4 is 29.9 Å². The zero-order valence-electron chi connectivity index (χ0n) is 16.1. The van der Waals surface area contributed by atoms with E-state index in [0.29, 0.717) is 24.3 Å². The molecule has 0 aliphatic rings. The number of aliphatic hydroxyl groups is 2. The van der Waals surface area contributed by atoms with E-state index < -0.39 is 17.6 Å². The van der Waals surface area contributed by atoms with Gasteiger partial charge in [-0.1, -0.05) is 67.8 Å². The van der Waals surface area contributed by atoms with Gasteiger partial charge in [-0.2, -0.15) is 0 Å². The quantitative estimate of drug-likeness (QED) is 0.247. The van der Waals surface area contributed by atoms with Gasteiger partial charge < -0.3 is 19.8 Å². The number of hydrogen-bond acceptors (Lipinski definition) is 4. The summed E-state index contributed by atoms with van der Waals surface area (Å²) >= 11 is -0.706. The Labute approximate surface area is 184 Å². The molecule has 0 unspecified atom stereocenters. The van der Waals surface area contributed by atoms with Crippen molar-refractivity contribution in [2.24, 2.45) is 0 Å². The van der Waals surface area contributed by atoms with Gasteiger partial charge in [-0.3, -0.25) is 0 Å². The van der Waals surface area contributed by atoms with Crippen molar-refractivity contribution in [2.45, 2.75) is 26.7 Å². The van der Waals surface area contributed by atoms with Gasteiger partial charge in [-0.25, -0.2) is 0 Å². The van der Waals surface area contributed by atoms with Gasteiger partial charge in [0.1, 0.15) is 0 Å². The molecule has 0 aromatic heterocycles. The number of hydrogen-bond donors (Lipinski definition) is 2. The molecule has 0 aliphatic carbocycles. The van der Waals surface area contributed by atoms with Crippen LogP contribution in [0.4, 0.5) is 0 Å². The Morgan fingerprint density at radius 1 is 0.786 bits per heavy atom. The van der Waals surface area contributed by atoms with Gasteiger partial charge in [-0.15, -0.1) is 24.3 Å². The Bertz CT molecular complexity index is 553. The summed E-state index contributed by atoms with van der Waals surface area (Å²) in [5.74, 6) is -0.529. The monoisotopic (exact) mass is 506 g/mol. The van der Waals surface area contributed by atoms with Crippen LogP contribution in [0.3, 0.4) is 0 Å². The molecule has 2 N–H and O–H groups in total. The minimum atomic E-state index is -0.706. The van der Waals surface area contributed by atoms with Gasteiger partial charge >= 0.3 is 36.0 Å². The number of aliphatic hydroxyl groups excluding tert-OH is 2. The number of Topliss-reactive ketones (excluding diaryl/α,β-unsaturated/α-hetero) is 2. The number of rotatable bonds is 6. The van der Waals surface area contributed by atoms with Crippen LogP contribution in [-0.4, -0.2) is 35.0 Å². The predicted octanol–water partition coefficient (Wildman–Crippen LogP) is 5.11. The summed E-state index contributed by atoms with van der Waals surface area (Å²) in [5.41, 5.74) is 1.05. The number of ketones is 2. The summed E-state index contributed by atoms with van der Waals surface area (Å²) in [7, 11) is 9.83. The summed E-state index contributed by atoms with van der Waals surface area (Å²) in [6, 6.07) is 17.5. The number of benzene rings is 2. The second kappa shape index (κ2) is 22.2. The second-order valence-corrected chi connectivity index (χ2v) is 8.45. The SMILES string of the molecule is CCCO.CCCO.O=C([CH-]C(=O)c1ccccc1)c1ccccc1.[Cl][Nb][Cl]. The van der Waals surface area contributed by atoms with Crippen molar-refractivity contribution in [2.75, 3.05) is 13.2 Å². The first-order valence-corrected chi connectivity index (χ1v) is 14.4. The number of carbonyl (C=O) groups is 2. The Hall–Kier alpha value is -1.11. The normalized spacial score (nSPS) is 8.50. The van der Waals surface area contributed by atoms with E-state index in [0.717, 1.165) is 19.3 Å². The average molecular weight is 507 g/mol. The maximum absolute atomic E-state index is 11.8. The molecule has 0 fully saturated rings. The summed E-state index contributed by atoms with van der Waals surface area (Å²) < 4.78 is 0. The number of carbonyl (C=O) groups excluding carboxylic acids is 2. The Balaban J connectivity index is 0. The Kier molecular flexibility index (Phi) is 23.0. The van der Waals surface area contributed by atoms with Crippen LogP contribution in [0, 0.1) is 6.42 Å². The van der Waals surface area contributed by atoms with Crippen LogP contribution in [0.1, 0.15) is 47.4 Å². The van der Waals surface area contributed by atoms with Gasteiger partial charge in [0.05, 0.1) is 11.6 Å². The topological polar surface area (TPSA) is 74.6 Å². The van der Waals surface area contributed by atoms with Crippen LogP contribution in [0.5, 0.6) is 0 Å². The fraction of sp³-hybridized carbons (Fsp3) is 0.286. The van der Waals surface area contributed by atoms with Crippen molar-refractivity contribution in [1.29, 1.82) is 0 Å². The van der Waals surface area contributed by atoms with Crippen molar-refractivity contribution in [3.63, 3.8) is 0 Å². The molecule has 0 heterocycles. The van der Waals surface area contributed by atoms with E-state index in [9.17, 15) is 9.59 Å². The summed E-state index contributed by atoms with van der Waals surface area (Å²) in [6.07, 6.45) is 2.88. The summed E-state index contributed by atoms with van der Waals surface area (Å²) in [5, 5.41) is 15.8. The molecule has 0 saturated carbocycles. The third kappa shape index (κ3) is 17.0. The standard InChI is InChI=1S/C15H11O2.2C3H8O.2ClH.Nb/c16-14(12-7-3-1-4-8-12)11-15(17)13-9-5-2-6-10-13;2*1-2-3-4;;;/h1-11H;2*4H,2-3H2,1H3;2*1H;/q-1;;;;;+2/p-2. The number of halogens is 2. The molecule has 0 amide bonds. The summed E-state index contributed by atoms with van der Waals surface area (Å²) in [4.78, 5) is 23.5. The van der Waals surface area contributed by atoms with Gasteiger partial charge in [0, 0.05) is 13.2 Å². The van der Waals surface area contributed by atoms with Crippen LogP contribution >= 0.6 is 18.4 Å². The van der Waals surface area contributed by atoms with Crippen LogP contribution in [-0.2, 0) is 17.6 Å². The van der Waals surface area contributed by atoms with E-state index in [-0.39, 0.29) is 11.6 Å². The van der Waals surface area contributed by atoms with E-state index in [1.54, 1.807) is 48.5 Å². The first kappa shape index (κ1) is 29.1. The van der Waals surface area contributed by atoms with Gasteiger partial charge in [0.2, 0.25) is 0 Å². The Morgan fingerprint density at radius 3 is 1.25 bits per heavy atom. The third-order valence-electron chi connectivity index (χ3n) is 2.83. The minimum absolute atomic E-state index is 0.264. The molecule has 2 rings (SSSR count). The van der Waals surface area contributed by atoms with E-state index in [4.69, 9.17) is 28.6 Å². The zero-order chi connectivity index (χ0) is 21.6. The van der Waals surface area contributed by atoms with Crippen LogP contribution < -0.4 is 0 Å². The molecule has 0 saturated heterocycles. The summed E-state index contributed by atoms with van der Waals surface area (Å²) in [6.45, 7) is 4.50. The molecule has 7 heteroatoms. The van der Waals surface area contributed by atoms with Crippen LogP contribution in [0.25, 0.3) is 0 Å². The molecule has 0 atom stereocenters. The predicted molar refractivity (Wildman–Crippen MR) is 112 cm³/mol. The molecule has 0 spiro atoms. The first-order chi connectivity index (χ1) is 13.5. The fourth-order valence-corrected chi connectivity index (χ4v) is 1.49. The average Bonchev–Trinajstić information content (AvgIpc) is 2.75. The molecule has 0 radical (unpaired) electrons. The second-order valence-electron chi connectivity index (χ2n) is 5.12. The molecule has 2 aromatic rings.